The molecule has 0 saturated carbocycles. The van der Waals surface area contributed by atoms with Crippen LogP contribution in [0.5, 0.6) is 5.88 Å². The zero-order valence-corrected chi connectivity index (χ0v) is 16.7. The molecule has 1 aliphatic heterocycles. The maximum atomic E-state index is 12.3. The SMILES string of the molecule is COc1c(CNCC2CN(C(=O)OCc3ccccc3)CCO2)c(C)nn1C. The lowest BCUT2D eigenvalue weighted by atomic mass is 10.2. The average molecular weight is 388 g/mol. The van der Waals surface area contributed by atoms with Crippen LogP contribution in [0.15, 0.2) is 30.3 Å². The number of aromatic nitrogens is 2. The summed E-state index contributed by atoms with van der Waals surface area (Å²) in [5, 5.41) is 7.76. The molecule has 0 bridgehead atoms. The molecule has 1 atom stereocenters. The van der Waals surface area contributed by atoms with Crippen molar-refractivity contribution < 1.29 is 19.0 Å². The quantitative estimate of drug-likeness (QED) is 0.780. The number of hydrogen-bond acceptors (Lipinski definition) is 6. The molecule has 2 heterocycles. The number of carbonyl (C=O) groups is 1. The van der Waals surface area contributed by atoms with Crippen molar-refractivity contribution in [3.63, 3.8) is 0 Å². The number of ether oxygens (including phenoxy) is 3. The average Bonchev–Trinajstić information content (AvgIpc) is 2.99. The summed E-state index contributed by atoms with van der Waals surface area (Å²) in [6.07, 6.45) is -0.386. The largest absolute Gasteiger partial charge is 0.481 e. The van der Waals surface area contributed by atoms with Crippen LogP contribution in [0.1, 0.15) is 16.8 Å². The van der Waals surface area contributed by atoms with Gasteiger partial charge in [0.25, 0.3) is 0 Å². The first-order valence-corrected chi connectivity index (χ1v) is 9.43. The Morgan fingerprint density at radius 2 is 2.14 bits per heavy atom. The van der Waals surface area contributed by atoms with Crippen LogP contribution >= 0.6 is 0 Å². The van der Waals surface area contributed by atoms with Gasteiger partial charge in [0, 0.05) is 26.7 Å². The van der Waals surface area contributed by atoms with E-state index in [1.807, 2.05) is 44.3 Å². The highest BCUT2D eigenvalue weighted by molar-refractivity contribution is 5.67. The van der Waals surface area contributed by atoms with Crippen molar-refractivity contribution in [1.29, 1.82) is 0 Å². The van der Waals surface area contributed by atoms with Gasteiger partial charge in [0.1, 0.15) is 6.61 Å². The molecular formula is C20H28N4O4. The minimum Gasteiger partial charge on any atom is -0.481 e. The maximum Gasteiger partial charge on any atom is 0.410 e. The highest BCUT2D eigenvalue weighted by atomic mass is 16.6. The molecule has 1 saturated heterocycles. The number of methoxy groups -OCH3 is 1. The molecule has 1 amide bonds. The molecule has 1 aliphatic rings. The lowest BCUT2D eigenvalue weighted by Crippen LogP contribution is -2.49. The molecule has 1 aromatic carbocycles. The predicted octanol–water partition coefficient (Wildman–Crippen LogP) is 1.86. The fourth-order valence-corrected chi connectivity index (χ4v) is 3.32. The molecule has 1 N–H and O–H groups in total. The van der Waals surface area contributed by atoms with Crippen LogP contribution in [0.2, 0.25) is 0 Å². The van der Waals surface area contributed by atoms with Gasteiger partial charge in [-0.1, -0.05) is 30.3 Å². The van der Waals surface area contributed by atoms with Gasteiger partial charge in [-0.3, -0.25) is 0 Å². The summed E-state index contributed by atoms with van der Waals surface area (Å²) in [5.74, 6) is 0.751. The monoisotopic (exact) mass is 388 g/mol. The molecule has 2 aromatic rings. The standard InChI is InChI=1S/C20H28N4O4/c1-15-18(19(26-3)23(2)22-15)12-21-11-17-13-24(9-10-27-17)20(25)28-14-16-7-5-4-6-8-16/h4-8,17,21H,9-14H2,1-3H3. The van der Waals surface area contributed by atoms with Crippen LogP contribution < -0.4 is 10.1 Å². The van der Waals surface area contributed by atoms with E-state index in [0.29, 0.717) is 32.8 Å². The molecule has 152 valence electrons. The highest BCUT2D eigenvalue weighted by Gasteiger charge is 2.25. The topological polar surface area (TPSA) is 77.8 Å². The third-order valence-corrected chi connectivity index (χ3v) is 4.76. The maximum absolute atomic E-state index is 12.3. The van der Waals surface area contributed by atoms with Crippen LogP contribution in [-0.4, -0.2) is 60.2 Å². The minimum atomic E-state index is -0.304. The number of nitrogens with one attached hydrogen (secondary N) is 1. The Morgan fingerprint density at radius 3 is 2.89 bits per heavy atom. The van der Waals surface area contributed by atoms with E-state index >= 15 is 0 Å². The predicted molar refractivity (Wildman–Crippen MR) is 104 cm³/mol. The third-order valence-electron chi connectivity index (χ3n) is 4.76. The molecule has 8 nitrogen and oxygen atoms in total. The molecular weight excluding hydrogens is 360 g/mol. The van der Waals surface area contributed by atoms with E-state index in [4.69, 9.17) is 14.2 Å². The van der Waals surface area contributed by atoms with Crippen LogP contribution in [-0.2, 0) is 29.7 Å². The highest BCUT2D eigenvalue weighted by Crippen LogP contribution is 2.20. The normalized spacial score (nSPS) is 16.8. The second kappa shape index (κ2) is 9.57. The number of hydrogen-bond donors (Lipinski definition) is 1. The Balaban J connectivity index is 1.45. The van der Waals surface area contributed by atoms with E-state index in [1.165, 1.54) is 0 Å². The minimum absolute atomic E-state index is 0.0824. The number of amides is 1. The van der Waals surface area contributed by atoms with Gasteiger partial charge >= 0.3 is 6.09 Å². The Hall–Kier alpha value is -2.58. The first-order chi connectivity index (χ1) is 13.6. The Kier molecular flexibility index (Phi) is 6.89. The van der Waals surface area contributed by atoms with Gasteiger partial charge in [0.05, 0.1) is 37.6 Å². The first kappa shape index (κ1) is 20.2. The smallest absolute Gasteiger partial charge is 0.410 e. The Morgan fingerprint density at radius 1 is 1.36 bits per heavy atom. The summed E-state index contributed by atoms with van der Waals surface area (Å²) in [5.41, 5.74) is 2.94. The zero-order chi connectivity index (χ0) is 19.9. The number of nitrogens with zero attached hydrogens (tertiary/aromatic N) is 3. The van der Waals surface area contributed by atoms with E-state index in [2.05, 4.69) is 10.4 Å². The summed E-state index contributed by atoms with van der Waals surface area (Å²) in [4.78, 5) is 14.0. The van der Waals surface area contributed by atoms with Crippen LogP contribution in [0, 0.1) is 6.92 Å². The summed E-state index contributed by atoms with van der Waals surface area (Å²) in [6.45, 7) is 5.04. The molecule has 0 radical (unpaired) electrons. The van der Waals surface area contributed by atoms with E-state index in [-0.39, 0.29) is 18.8 Å². The van der Waals surface area contributed by atoms with Crippen molar-refractivity contribution in [3.05, 3.63) is 47.2 Å². The van der Waals surface area contributed by atoms with Gasteiger partial charge in [0.2, 0.25) is 5.88 Å². The number of benzene rings is 1. The molecule has 1 unspecified atom stereocenters. The van der Waals surface area contributed by atoms with Gasteiger partial charge in [-0.15, -0.1) is 0 Å². The molecule has 0 aliphatic carbocycles. The zero-order valence-electron chi connectivity index (χ0n) is 16.7. The molecule has 1 aromatic heterocycles. The van der Waals surface area contributed by atoms with Crippen molar-refractivity contribution in [2.45, 2.75) is 26.2 Å². The molecule has 3 rings (SSSR count). The van der Waals surface area contributed by atoms with E-state index in [0.717, 1.165) is 22.7 Å². The van der Waals surface area contributed by atoms with Gasteiger partial charge in [-0.05, 0) is 12.5 Å². The first-order valence-electron chi connectivity index (χ1n) is 9.43. The van der Waals surface area contributed by atoms with Gasteiger partial charge in [-0.2, -0.15) is 5.10 Å². The number of aryl methyl sites for hydroxylation is 2. The second-order valence-electron chi connectivity index (χ2n) is 6.81. The number of carbonyl (C=O) groups excluding carboxylic acids is 1. The van der Waals surface area contributed by atoms with Crippen LogP contribution in [0.3, 0.4) is 0 Å². The summed E-state index contributed by atoms with van der Waals surface area (Å²) < 4.78 is 18.4. The van der Waals surface area contributed by atoms with Crippen molar-refractivity contribution in [2.75, 3.05) is 33.4 Å². The fourth-order valence-electron chi connectivity index (χ4n) is 3.32. The summed E-state index contributed by atoms with van der Waals surface area (Å²) in [7, 11) is 3.50. The second-order valence-corrected chi connectivity index (χ2v) is 6.81. The number of rotatable bonds is 7. The molecule has 1 fully saturated rings. The van der Waals surface area contributed by atoms with Crippen LogP contribution in [0.25, 0.3) is 0 Å². The van der Waals surface area contributed by atoms with Crippen molar-refractivity contribution in [2.24, 2.45) is 7.05 Å². The van der Waals surface area contributed by atoms with Crippen molar-refractivity contribution in [3.8, 4) is 5.88 Å². The Bertz CT molecular complexity index is 778. The van der Waals surface area contributed by atoms with Gasteiger partial charge in [0.15, 0.2) is 0 Å². The van der Waals surface area contributed by atoms with Crippen LogP contribution in [0.4, 0.5) is 4.79 Å². The van der Waals surface area contributed by atoms with E-state index < -0.39 is 0 Å². The van der Waals surface area contributed by atoms with Crippen molar-refractivity contribution in [1.82, 2.24) is 20.0 Å². The Labute approximate surface area is 165 Å². The molecule has 8 heteroatoms. The van der Waals surface area contributed by atoms with Gasteiger partial charge < -0.3 is 24.4 Å². The van der Waals surface area contributed by atoms with Crippen molar-refractivity contribution >= 4 is 6.09 Å². The van der Waals surface area contributed by atoms with Gasteiger partial charge in [-0.25, -0.2) is 9.48 Å². The van der Waals surface area contributed by atoms with E-state index in [1.54, 1.807) is 16.7 Å². The number of morpholine rings is 1. The summed E-state index contributed by atoms with van der Waals surface area (Å²) in [6, 6.07) is 9.67. The third kappa shape index (κ3) is 5.02. The molecule has 28 heavy (non-hydrogen) atoms. The lowest BCUT2D eigenvalue weighted by molar-refractivity contribution is -0.0271. The molecule has 0 spiro atoms. The van der Waals surface area contributed by atoms with E-state index in [9.17, 15) is 4.79 Å². The lowest BCUT2D eigenvalue weighted by Gasteiger charge is -2.32. The summed E-state index contributed by atoms with van der Waals surface area (Å²) >= 11 is 0. The fraction of sp³-hybridized carbons (Fsp3) is 0.500.